The first-order valence-electron chi connectivity index (χ1n) is 9.83. The molecule has 0 bridgehead atoms. The normalized spacial score (nSPS) is 14.4. The molecule has 1 fully saturated rings. The van der Waals surface area contributed by atoms with E-state index in [1.54, 1.807) is 12.1 Å². The van der Waals surface area contributed by atoms with Crippen LogP contribution in [0.5, 0.6) is 5.75 Å². The van der Waals surface area contributed by atoms with Crippen LogP contribution in [0.25, 0.3) is 10.8 Å². The number of hydrogen-bond acceptors (Lipinski definition) is 4. The number of carbonyl (C=O) groups excluding carboxylic acids is 1. The van der Waals surface area contributed by atoms with E-state index in [4.69, 9.17) is 0 Å². The first-order valence-corrected chi connectivity index (χ1v) is 9.83. The molecule has 1 amide bonds. The number of carbonyl (C=O) groups is 1. The van der Waals surface area contributed by atoms with Crippen molar-refractivity contribution in [1.82, 2.24) is 10.2 Å². The number of nitrogens with zero attached hydrogens (tertiary/aromatic N) is 2. The molecule has 5 nitrogen and oxygen atoms in total. The van der Waals surface area contributed by atoms with Gasteiger partial charge in [-0.3, -0.25) is 9.69 Å². The highest BCUT2D eigenvalue weighted by Crippen LogP contribution is 2.29. The van der Waals surface area contributed by atoms with Gasteiger partial charge in [0.2, 0.25) is 0 Å². The van der Waals surface area contributed by atoms with Crippen molar-refractivity contribution in [2.45, 2.75) is 0 Å². The quantitative estimate of drug-likeness (QED) is 0.650. The second-order valence-corrected chi connectivity index (χ2v) is 7.27. The molecule has 0 atom stereocenters. The minimum atomic E-state index is -0.345. The van der Waals surface area contributed by atoms with Crippen molar-refractivity contribution in [3.05, 3.63) is 72.0 Å². The van der Waals surface area contributed by atoms with Gasteiger partial charge in [-0.1, -0.05) is 12.1 Å². The van der Waals surface area contributed by atoms with Gasteiger partial charge in [0.05, 0.1) is 0 Å². The molecule has 1 aliphatic rings. The van der Waals surface area contributed by atoms with Crippen LogP contribution >= 0.6 is 12.4 Å². The first kappa shape index (κ1) is 21.9. The number of phenols is 1. The topological polar surface area (TPSA) is 55.8 Å². The van der Waals surface area contributed by atoms with Gasteiger partial charge in [-0.05, 0) is 53.9 Å². The summed E-state index contributed by atoms with van der Waals surface area (Å²) in [5, 5.41) is 14.8. The average Bonchev–Trinajstić information content (AvgIpc) is 2.74. The van der Waals surface area contributed by atoms with Crippen molar-refractivity contribution in [3.8, 4) is 5.75 Å². The molecule has 158 valence electrons. The smallest absolute Gasteiger partial charge is 0.251 e. The van der Waals surface area contributed by atoms with Gasteiger partial charge in [0.25, 0.3) is 5.91 Å². The number of amides is 1. The van der Waals surface area contributed by atoms with E-state index >= 15 is 0 Å². The lowest BCUT2D eigenvalue weighted by molar-refractivity contribution is 0.0947. The van der Waals surface area contributed by atoms with Crippen molar-refractivity contribution in [1.29, 1.82) is 0 Å². The minimum absolute atomic E-state index is 0. The van der Waals surface area contributed by atoms with Gasteiger partial charge >= 0.3 is 0 Å². The molecule has 3 aromatic carbocycles. The molecule has 2 N–H and O–H groups in total. The summed E-state index contributed by atoms with van der Waals surface area (Å²) in [6.07, 6.45) is 0. The van der Waals surface area contributed by atoms with E-state index in [2.05, 4.69) is 21.2 Å². The molecule has 0 radical (unpaired) electrons. The maximum Gasteiger partial charge on any atom is 0.251 e. The van der Waals surface area contributed by atoms with Crippen LogP contribution in [0.2, 0.25) is 0 Å². The lowest BCUT2D eigenvalue weighted by Crippen LogP contribution is -2.48. The molecule has 4 rings (SSSR count). The lowest BCUT2D eigenvalue weighted by Gasteiger charge is -2.36. The number of aromatic hydroxyl groups is 1. The lowest BCUT2D eigenvalue weighted by atomic mass is 10.1. The van der Waals surface area contributed by atoms with Gasteiger partial charge in [0.15, 0.2) is 0 Å². The first-order chi connectivity index (χ1) is 14.1. The zero-order valence-corrected chi connectivity index (χ0v) is 17.4. The van der Waals surface area contributed by atoms with Crippen LogP contribution in [0.1, 0.15) is 10.4 Å². The van der Waals surface area contributed by atoms with E-state index < -0.39 is 0 Å². The Bertz CT molecular complexity index is 1010. The highest BCUT2D eigenvalue weighted by Gasteiger charge is 2.18. The third-order valence-corrected chi connectivity index (χ3v) is 5.37. The maximum absolute atomic E-state index is 12.9. The number of nitrogens with one attached hydrogen (secondary N) is 1. The molecular formula is C23H25ClFN3O2. The summed E-state index contributed by atoms with van der Waals surface area (Å²) in [4.78, 5) is 16.8. The largest absolute Gasteiger partial charge is 0.508 e. The van der Waals surface area contributed by atoms with Crippen molar-refractivity contribution in [2.24, 2.45) is 0 Å². The van der Waals surface area contributed by atoms with Gasteiger partial charge in [-0.25, -0.2) is 4.39 Å². The fourth-order valence-electron chi connectivity index (χ4n) is 3.77. The van der Waals surface area contributed by atoms with Crippen LogP contribution < -0.4 is 10.2 Å². The number of fused-ring (bicyclic) bond motifs is 1. The second kappa shape index (κ2) is 9.78. The van der Waals surface area contributed by atoms with E-state index in [1.165, 1.54) is 30.0 Å². The van der Waals surface area contributed by atoms with Crippen LogP contribution in [0.3, 0.4) is 0 Å². The Morgan fingerprint density at radius 1 is 1.00 bits per heavy atom. The third kappa shape index (κ3) is 5.01. The van der Waals surface area contributed by atoms with Crippen LogP contribution in [0.4, 0.5) is 10.1 Å². The van der Waals surface area contributed by atoms with E-state index in [0.717, 1.165) is 43.5 Å². The number of benzene rings is 3. The van der Waals surface area contributed by atoms with E-state index in [0.29, 0.717) is 12.1 Å². The van der Waals surface area contributed by atoms with E-state index in [1.807, 2.05) is 18.2 Å². The SMILES string of the molecule is Cl.O=C(NCCN1CCN(c2cccc3cc(O)ccc23)CC1)c1ccc(F)cc1. The Morgan fingerprint density at radius 2 is 1.73 bits per heavy atom. The summed E-state index contributed by atoms with van der Waals surface area (Å²) < 4.78 is 12.9. The number of hydrogen-bond donors (Lipinski definition) is 2. The van der Waals surface area contributed by atoms with Crippen LogP contribution in [0.15, 0.2) is 60.7 Å². The molecule has 30 heavy (non-hydrogen) atoms. The molecule has 0 unspecified atom stereocenters. The molecule has 0 aliphatic carbocycles. The Labute approximate surface area is 181 Å². The zero-order valence-electron chi connectivity index (χ0n) is 16.6. The molecule has 1 aliphatic heterocycles. The number of rotatable bonds is 5. The van der Waals surface area contributed by atoms with Gasteiger partial charge in [0.1, 0.15) is 11.6 Å². The van der Waals surface area contributed by atoms with Gasteiger partial charge in [0, 0.05) is 55.9 Å². The van der Waals surface area contributed by atoms with Crippen LogP contribution in [0, 0.1) is 5.82 Å². The van der Waals surface area contributed by atoms with Crippen LogP contribution in [-0.2, 0) is 0 Å². The second-order valence-electron chi connectivity index (χ2n) is 7.27. The van der Waals surface area contributed by atoms with Crippen LogP contribution in [-0.4, -0.2) is 55.2 Å². The maximum atomic E-state index is 12.9. The molecule has 0 aromatic heterocycles. The van der Waals surface area contributed by atoms with E-state index in [9.17, 15) is 14.3 Å². The summed E-state index contributed by atoms with van der Waals surface area (Å²) in [5.74, 6) is -0.243. The highest BCUT2D eigenvalue weighted by molar-refractivity contribution is 5.95. The Hall–Kier alpha value is -2.83. The van der Waals surface area contributed by atoms with Gasteiger partial charge in [-0.2, -0.15) is 0 Å². The fourth-order valence-corrected chi connectivity index (χ4v) is 3.77. The van der Waals surface area contributed by atoms with Crippen molar-refractivity contribution in [2.75, 3.05) is 44.2 Å². The number of piperazine rings is 1. The summed E-state index contributed by atoms with van der Waals surface area (Å²) in [6, 6.07) is 17.2. The van der Waals surface area contributed by atoms with Crippen molar-refractivity contribution >= 4 is 34.8 Å². The molecule has 0 spiro atoms. The van der Waals surface area contributed by atoms with Crippen molar-refractivity contribution in [3.63, 3.8) is 0 Å². The molecular weight excluding hydrogens is 405 g/mol. The number of halogens is 2. The zero-order chi connectivity index (χ0) is 20.2. The predicted molar refractivity (Wildman–Crippen MR) is 120 cm³/mol. The molecule has 0 saturated carbocycles. The average molecular weight is 430 g/mol. The molecule has 1 saturated heterocycles. The van der Waals surface area contributed by atoms with Crippen molar-refractivity contribution < 1.29 is 14.3 Å². The summed E-state index contributed by atoms with van der Waals surface area (Å²) >= 11 is 0. The van der Waals surface area contributed by atoms with Gasteiger partial charge < -0.3 is 15.3 Å². The standard InChI is InChI=1S/C23H24FN3O2.ClH/c24-19-6-4-17(5-7-19)23(29)25-10-11-26-12-14-27(15-13-26)22-3-1-2-18-16-20(28)8-9-21(18)22;/h1-9,16,28H,10-15H2,(H,25,29);1H. The molecule has 7 heteroatoms. The van der Waals surface area contributed by atoms with Gasteiger partial charge in [-0.15, -0.1) is 12.4 Å². The third-order valence-electron chi connectivity index (χ3n) is 5.37. The minimum Gasteiger partial charge on any atom is -0.508 e. The highest BCUT2D eigenvalue weighted by atomic mass is 35.5. The predicted octanol–water partition coefficient (Wildman–Crippen LogP) is 3.66. The Morgan fingerprint density at radius 3 is 2.47 bits per heavy atom. The fraction of sp³-hybridized carbons (Fsp3) is 0.261. The summed E-state index contributed by atoms with van der Waals surface area (Å²) in [6.45, 7) is 4.99. The molecule has 3 aromatic rings. The monoisotopic (exact) mass is 429 g/mol. The Balaban J connectivity index is 0.00000256. The Kier molecular flexibility index (Phi) is 7.13. The van der Waals surface area contributed by atoms with E-state index in [-0.39, 0.29) is 29.9 Å². The summed E-state index contributed by atoms with van der Waals surface area (Å²) in [5.41, 5.74) is 1.66. The summed E-state index contributed by atoms with van der Waals surface area (Å²) in [7, 11) is 0. The number of anilines is 1. The molecule has 1 heterocycles. The number of phenolic OH excluding ortho intramolecular Hbond substituents is 1.